The van der Waals surface area contributed by atoms with Crippen LogP contribution in [0.2, 0.25) is 0 Å². The van der Waals surface area contributed by atoms with Gasteiger partial charge in [-0.25, -0.2) is 0 Å². The average Bonchev–Trinajstić information content (AvgIpc) is 2.04. The Morgan fingerprint density at radius 2 is 1.75 bits per heavy atom. The maximum Gasteiger partial charge on any atom is -0.00989 e. The Labute approximate surface area is 72.8 Å². The highest BCUT2D eigenvalue weighted by Gasteiger charge is 1.97. The van der Waals surface area contributed by atoms with Gasteiger partial charge in [0.2, 0.25) is 0 Å². The largest absolute Gasteiger partial charge is 0.0613 e. The highest BCUT2D eigenvalue weighted by atomic mass is 14.0. The van der Waals surface area contributed by atoms with Crippen LogP contribution in [0.15, 0.2) is 30.3 Å². The molecule has 0 amide bonds. The van der Waals surface area contributed by atoms with E-state index in [1.165, 1.54) is 21.9 Å². The van der Waals surface area contributed by atoms with Crippen LogP contribution in [0.3, 0.4) is 0 Å². The van der Waals surface area contributed by atoms with E-state index in [1.54, 1.807) is 0 Å². The lowest BCUT2D eigenvalue weighted by Gasteiger charge is -2.03. The minimum absolute atomic E-state index is 1.22. The van der Waals surface area contributed by atoms with Crippen molar-refractivity contribution in [2.24, 2.45) is 0 Å². The van der Waals surface area contributed by atoms with E-state index in [4.69, 9.17) is 0 Å². The van der Waals surface area contributed by atoms with Crippen molar-refractivity contribution in [2.75, 3.05) is 0 Å². The van der Waals surface area contributed by atoms with Crippen LogP contribution >= 0.6 is 0 Å². The first kappa shape index (κ1) is 7.35. The predicted octanol–water partition coefficient (Wildman–Crippen LogP) is 3.26. The molecular formula is C12H11. The lowest BCUT2D eigenvalue weighted by atomic mass is 10.0. The first-order chi connectivity index (χ1) is 5.79. The predicted molar refractivity (Wildman–Crippen MR) is 52.3 cm³/mol. The molecule has 0 aliphatic rings. The van der Waals surface area contributed by atoms with Crippen LogP contribution in [0, 0.1) is 19.9 Å². The lowest BCUT2D eigenvalue weighted by Crippen LogP contribution is -1.81. The molecule has 0 spiro atoms. The molecular weight excluding hydrogens is 144 g/mol. The lowest BCUT2D eigenvalue weighted by molar-refractivity contribution is 1.46. The third-order valence-corrected chi connectivity index (χ3v) is 2.24. The summed E-state index contributed by atoms with van der Waals surface area (Å²) in [6, 6.07) is 13.6. The van der Waals surface area contributed by atoms with E-state index in [-0.39, 0.29) is 0 Å². The topological polar surface area (TPSA) is 0 Å². The van der Waals surface area contributed by atoms with Crippen LogP contribution in [0.4, 0.5) is 0 Å². The van der Waals surface area contributed by atoms with Gasteiger partial charge in [0.25, 0.3) is 0 Å². The molecule has 2 rings (SSSR count). The summed E-state index contributed by atoms with van der Waals surface area (Å²) in [5.74, 6) is 0. The van der Waals surface area contributed by atoms with Gasteiger partial charge in [-0.15, -0.1) is 0 Å². The van der Waals surface area contributed by atoms with Crippen LogP contribution in [-0.4, -0.2) is 0 Å². The van der Waals surface area contributed by atoms with Crippen LogP contribution in [0.25, 0.3) is 10.8 Å². The highest BCUT2D eigenvalue weighted by Crippen LogP contribution is 2.20. The van der Waals surface area contributed by atoms with Gasteiger partial charge >= 0.3 is 0 Å². The molecule has 0 bridgehead atoms. The van der Waals surface area contributed by atoms with Gasteiger partial charge < -0.3 is 0 Å². The maximum absolute atomic E-state index is 3.23. The van der Waals surface area contributed by atoms with Crippen molar-refractivity contribution in [1.82, 2.24) is 0 Å². The van der Waals surface area contributed by atoms with Gasteiger partial charge in [-0.3, -0.25) is 0 Å². The minimum atomic E-state index is 1.22. The van der Waals surface area contributed by atoms with Gasteiger partial charge in [0.1, 0.15) is 0 Å². The summed E-state index contributed by atoms with van der Waals surface area (Å²) in [7, 11) is 0. The zero-order valence-electron chi connectivity index (χ0n) is 7.39. The highest BCUT2D eigenvalue weighted by molar-refractivity contribution is 5.87. The first-order valence-electron chi connectivity index (χ1n) is 4.15. The molecule has 0 atom stereocenters. The van der Waals surface area contributed by atoms with Crippen LogP contribution in [-0.2, 0) is 0 Å². The summed E-state index contributed by atoms with van der Waals surface area (Å²) in [5, 5.41) is 2.56. The molecule has 1 radical (unpaired) electrons. The van der Waals surface area contributed by atoms with E-state index in [0.29, 0.717) is 0 Å². The monoisotopic (exact) mass is 155 g/mol. The first-order valence-corrected chi connectivity index (χ1v) is 4.15. The van der Waals surface area contributed by atoms with Gasteiger partial charge in [0.15, 0.2) is 0 Å². The SMILES string of the molecule is Cc1cc[c]c2cccc(C)c12. The molecule has 0 saturated carbocycles. The Morgan fingerprint density at radius 3 is 2.50 bits per heavy atom. The van der Waals surface area contributed by atoms with Crippen molar-refractivity contribution >= 4 is 10.8 Å². The van der Waals surface area contributed by atoms with Gasteiger partial charge in [-0.1, -0.05) is 30.3 Å². The smallest absolute Gasteiger partial charge is 0.00989 e. The summed E-state index contributed by atoms with van der Waals surface area (Å²) < 4.78 is 0. The van der Waals surface area contributed by atoms with Crippen molar-refractivity contribution in [2.45, 2.75) is 13.8 Å². The van der Waals surface area contributed by atoms with E-state index in [9.17, 15) is 0 Å². The quantitative estimate of drug-likeness (QED) is 0.547. The second-order valence-electron chi connectivity index (χ2n) is 3.16. The summed E-state index contributed by atoms with van der Waals surface area (Å²) in [6.45, 7) is 4.28. The van der Waals surface area contributed by atoms with Crippen LogP contribution < -0.4 is 0 Å². The Kier molecular flexibility index (Phi) is 1.61. The molecule has 0 aliphatic carbocycles. The zero-order valence-corrected chi connectivity index (χ0v) is 7.39. The standard InChI is InChI=1S/C12H11/c1-9-5-3-7-11-8-4-6-10(2)12(9)11/h3-7H,1-2H3. The number of benzene rings is 2. The molecule has 2 aromatic rings. The van der Waals surface area contributed by atoms with Crippen LogP contribution in [0.5, 0.6) is 0 Å². The van der Waals surface area contributed by atoms with E-state index < -0.39 is 0 Å². The van der Waals surface area contributed by atoms with E-state index in [1.807, 2.05) is 6.07 Å². The van der Waals surface area contributed by atoms with Crippen molar-refractivity contribution in [3.05, 3.63) is 47.5 Å². The van der Waals surface area contributed by atoms with E-state index in [2.05, 4.69) is 44.2 Å². The Balaban J connectivity index is 2.96. The molecule has 0 N–H and O–H groups in total. The number of hydrogen-bond donors (Lipinski definition) is 0. The molecule has 2 aromatic carbocycles. The van der Waals surface area contributed by atoms with Gasteiger partial charge in [0.05, 0.1) is 0 Å². The molecule has 0 aliphatic heterocycles. The summed E-state index contributed by atoms with van der Waals surface area (Å²) in [4.78, 5) is 0. The second kappa shape index (κ2) is 2.63. The molecule has 59 valence electrons. The average molecular weight is 155 g/mol. The van der Waals surface area contributed by atoms with Crippen molar-refractivity contribution in [1.29, 1.82) is 0 Å². The number of fused-ring (bicyclic) bond motifs is 1. The van der Waals surface area contributed by atoms with Crippen molar-refractivity contribution < 1.29 is 0 Å². The normalized spacial score (nSPS) is 10.5. The molecule has 0 fully saturated rings. The fourth-order valence-electron chi connectivity index (χ4n) is 1.65. The molecule has 0 nitrogen and oxygen atoms in total. The Morgan fingerprint density at radius 1 is 1.00 bits per heavy atom. The summed E-state index contributed by atoms with van der Waals surface area (Å²) >= 11 is 0. The second-order valence-corrected chi connectivity index (χ2v) is 3.16. The Bertz CT molecular complexity index is 377. The maximum atomic E-state index is 3.23. The minimum Gasteiger partial charge on any atom is -0.0613 e. The molecule has 12 heavy (non-hydrogen) atoms. The fourth-order valence-corrected chi connectivity index (χ4v) is 1.65. The Hall–Kier alpha value is -1.30. The van der Waals surface area contributed by atoms with E-state index >= 15 is 0 Å². The molecule has 0 saturated heterocycles. The molecule has 0 heteroatoms. The number of aryl methyl sites for hydroxylation is 2. The third-order valence-electron chi connectivity index (χ3n) is 2.24. The number of rotatable bonds is 0. The van der Waals surface area contributed by atoms with Gasteiger partial charge in [0, 0.05) is 0 Å². The van der Waals surface area contributed by atoms with Gasteiger partial charge in [-0.2, -0.15) is 0 Å². The van der Waals surface area contributed by atoms with Gasteiger partial charge in [-0.05, 0) is 41.8 Å². The molecule has 0 aromatic heterocycles. The van der Waals surface area contributed by atoms with Crippen LogP contribution in [0.1, 0.15) is 11.1 Å². The number of hydrogen-bond acceptors (Lipinski definition) is 0. The van der Waals surface area contributed by atoms with Crippen molar-refractivity contribution in [3.63, 3.8) is 0 Å². The fraction of sp³-hybridized carbons (Fsp3) is 0.167. The molecule has 0 heterocycles. The zero-order chi connectivity index (χ0) is 8.55. The third kappa shape index (κ3) is 1.00. The van der Waals surface area contributed by atoms with Crippen molar-refractivity contribution in [3.8, 4) is 0 Å². The summed E-state index contributed by atoms with van der Waals surface area (Å²) in [5.41, 5.74) is 2.67. The summed E-state index contributed by atoms with van der Waals surface area (Å²) in [6.07, 6.45) is 0. The molecule has 0 unspecified atom stereocenters. The van der Waals surface area contributed by atoms with E-state index in [0.717, 1.165) is 0 Å².